The van der Waals surface area contributed by atoms with Gasteiger partial charge < -0.3 is 10.8 Å². The van der Waals surface area contributed by atoms with Gasteiger partial charge in [0.25, 0.3) is 0 Å². The third-order valence-electron chi connectivity index (χ3n) is 5.37. The maximum absolute atomic E-state index is 10.6. The van der Waals surface area contributed by atoms with Crippen molar-refractivity contribution in [2.45, 2.75) is 57.2 Å². The van der Waals surface area contributed by atoms with Gasteiger partial charge in [0.2, 0.25) is 0 Å². The number of hydrogen-bond donors (Lipinski definition) is 2. The lowest BCUT2D eigenvalue weighted by atomic mass is 9.78. The van der Waals surface area contributed by atoms with E-state index in [0.717, 1.165) is 30.1 Å². The summed E-state index contributed by atoms with van der Waals surface area (Å²) in [6.07, 6.45) is 7.78. The number of β-amino-alcohol motifs (C(OH)–C–C–N with tert-alkyl or cyclic N) is 1. The molecule has 1 aromatic rings. The molecule has 3 heteroatoms. The fourth-order valence-corrected chi connectivity index (χ4v) is 4.16. The van der Waals surface area contributed by atoms with Gasteiger partial charge in [-0.1, -0.05) is 37.1 Å². The van der Waals surface area contributed by atoms with E-state index in [9.17, 15) is 5.11 Å². The summed E-state index contributed by atoms with van der Waals surface area (Å²) in [6.45, 7) is 2.49. The normalized spacial score (nSPS) is 28.1. The fourth-order valence-electron chi connectivity index (χ4n) is 4.16. The summed E-state index contributed by atoms with van der Waals surface area (Å²) in [4.78, 5) is 2.55. The molecule has 2 aliphatic rings. The number of piperidine rings is 1. The standard InChI is InChI=1S/C18H28N2O/c19-12-14-7-9-16(10-8-14)18(21)13-20-11-3-5-15-4-1-2-6-17(15)20/h7-10,15,17-18,21H,1-6,11-13,19H2. The van der Waals surface area contributed by atoms with Gasteiger partial charge in [0.1, 0.15) is 0 Å². The Morgan fingerprint density at radius 3 is 2.57 bits per heavy atom. The molecule has 0 amide bonds. The van der Waals surface area contributed by atoms with Crippen LogP contribution in [-0.2, 0) is 6.54 Å². The second kappa shape index (κ2) is 6.91. The summed E-state index contributed by atoms with van der Waals surface area (Å²) < 4.78 is 0. The molecule has 116 valence electrons. The van der Waals surface area contributed by atoms with E-state index in [4.69, 9.17) is 5.73 Å². The molecule has 1 aliphatic carbocycles. The number of aliphatic hydroxyl groups excluding tert-OH is 1. The van der Waals surface area contributed by atoms with E-state index in [0.29, 0.717) is 12.6 Å². The molecule has 3 nitrogen and oxygen atoms in total. The molecule has 1 aliphatic heterocycles. The number of likely N-dealkylation sites (tertiary alicyclic amines) is 1. The number of benzene rings is 1. The monoisotopic (exact) mass is 288 g/mol. The lowest BCUT2D eigenvalue weighted by Crippen LogP contribution is -2.48. The number of nitrogens with two attached hydrogens (primary N) is 1. The zero-order valence-electron chi connectivity index (χ0n) is 12.9. The van der Waals surface area contributed by atoms with Crippen molar-refractivity contribution >= 4 is 0 Å². The van der Waals surface area contributed by atoms with Crippen LogP contribution in [0.5, 0.6) is 0 Å². The van der Waals surface area contributed by atoms with Crippen LogP contribution in [0.1, 0.15) is 55.8 Å². The third-order valence-corrected chi connectivity index (χ3v) is 5.37. The molecule has 3 atom stereocenters. The number of fused-ring (bicyclic) bond motifs is 1. The van der Waals surface area contributed by atoms with E-state index in [2.05, 4.69) is 4.90 Å². The average molecular weight is 288 g/mol. The zero-order valence-corrected chi connectivity index (χ0v) is 12.9. The van der Waals surface area contributed by atoms with Crippen LogP contribution in [0.2, 0.25) is 0 Å². The molecule has 0 bridgehead atoms. The number of aliphatic hydroxyl groups is 1. The second-order valence-electron chi connectivity index (χ2n) is 6.71. The molecular formula is C18H28N2O. The lowest BCUT2D eigenvalue weighted by molar-refractivity contribution is 0.0205. The Hall–Kier alpha value is -0.900. The zero-order chi connectivity index (χ0) is 14.7. The summed E-state index contributed by atoms with van der Waals surface area (Å²) in [7, 11) is 0. The summed E-state index contributed by atoms with van der Waals surface area (Å²) in [5.74, 6) is 0.874. The first-order chi connectivity index (χ1) is 10.3. The van der Waals surface area contributed by atoms with Gasteiger partial charge in [-0.15, -0.1) is 0 Å². The Kier molecular flexibility index (Phi) is 4.94. The van der Waals surface area contributed by atoms with E-state index in [1.54, 1.807) is 0 Å². The lowest BCUT2D eigenvalue weighted by Gasteiger charge is -2.44. The molecule has 1 heterocycles. The molecule has 3 rings (SSSR count). The Bertz CT molecular complexity index is 443. The van der Waals surface area contributed by atoms with E-state index in [-0.39, 0.29) is 6.10 Å². The third kappa shape index (κ3) is 3.47. The van der Waals surface area contributed by atoms with Crippen molar-refractivity contribution in [2.24, 2.45) is 11.7 Å². The molecular weight excluding hydrogens is 260 g/mol. The minimum Gasteiger partial charge on any atom is -0.387 e. The minimum absolute atomic E-state index is 0.377. The quantitative estimate of drug-likeness (QED) is 0.895. The molecule has 2 fully saturated rings. The highest BCUT2D eigenvalue weighted by molar-refractivity contribution is 5.24. The summed E-state index contributed by atoms with van der Waals surface area (Å²) in [5.41, 5.74) is 7.77. The number of rotatable bonds is 4. The van der Waals surface area contributed by atoms with Crippen molar-refractivity contribution in [1.82, 2.24) is 4.90 Å². The van der Waals surface area contributed by atoms with Crippen molar-refractivity contribution < 1.29 is 5.11 Å². The van der Waals surface area contributed by atoms with Crippen molar-refractivity contribution in [3.8, 4) is 0 Å². The van der Waals surface area contributed by atoms with E-state index in [1.807, 2.05) is 24.3 Å². The first-order valence-corrected chi connectivity index (χ1v) is 8.49. The van der Waals surface area contributed by atoms with Crippen molar-refractivity contribution in [1.29, 1.82) is 0 Å². The average Bonchev–Trinajstić information content (AvgIpc) is 2.55. The van der Waals surface area contributed by atoms with Gasteiger partial charge in [0.05, 0.1) is 6.10 Å². The van der Waals surface area contributed by atoms with Crippen LogP contribution in [0.25, 0.3) is 0 Å². The van der Waals surface area contributed by atoms with Crippen LogP contribution in [0.15, 0.2) is 24.3 Å². The molecule has 0 radical (unpaired) electrons. The van der Waals surface area contributed by atoms with Gasteiger partial charge in [0, 0.05) is 19.1 Å². The minimum atomic E-state index is -0.377. The smallest absolute Gasteiger partial charge is 0.0917 e. The van der Waals surface area contributed by atoms with Crippen molar-refractivity contribution in [3.05, 3.63) is 35.4 Å². The summed E-state index contributed by atoms with van der Waals surface area (Å²) in [5, 5.41) is 10.6. The molecule has 0 aromatic heterocycles. The van der Waals surface area contributed by atoms with Crippen molar-refractivity contribution in [2.75, 3.05) is 13.1 Å². The Balaban J connectivity index is 1.63. The van der Waals surface area contributed by atoms with Crippen LogP contribution in [0.4, 0.5) is 0 Å². The van der Waals surface area contributed by atoms with E-state index in [1.165, 1.54) is 38.5 Å². The highest BCUT2D eigenvalue weighted by atomic mass is 16.3. The van der Waals surface area contributed by atoms with Gasteiger partial charge in [-0.25, -0.2) is 0 Å². The van der Waals surface area contributed by atoms with Crippen molar-refractivity contribution in [3.63, 3.8) is 0 Å². The predicted octanol–water partition coefficient (Wildman–Crippen LogP) is 2.83. The van der Waals surface area contributed by atoms with Gasteiger partial charge in [-0.3, -0.25) is 4.90 Å². The largest absolute Gasteiger partial charge is 0.387 e. The molecule has 1 saturated carbocycles. The molecule has 1 aromatic carbocycles. The Morgan fingerprint density at radius 2 is 1.81 bits per heavy atom. The number of hydrogen-bond acceptors (Lipinski definition) is 3. The molecule has 3 unspecified atom stereocenters. The Labute approximate surface area is 128 Å². The van der Waals surface area contributed by atoms with Crippen LogP contribution in [0, 0.1) is 5.92 Å². The van der Waals surface area contributed by atoms with Gasteiger partial charge in [-0.05, 0) is 49.3 Å². The fraction of sp³-hybridized carbons (Fsp3) is 0.667. The van der Waals surface area contributed by atoms with Gasteiger partial charge in [0.15, 0.2) is 0 Å². The van der Waals surface area contributed by atoms with Crippen LogP contribution < -0.4 is 5.73 Å². The van der Waals surface area contributed by atoms with E-state index < -0.39 is 0 Å². The molecule has 21 heavy (non-hydrogen) atoms. The van der Waals surface area contributed by atoms with Gasteiger partial charge in [-0.2, -0.15) is 0 Å². The first kappa shape index (κ1) is 15.0. The highest BCUT2D eigenvalue weighted by Gasteiger charge is 2.33. The summed E-state index contributed by atoms with van der Waals surface area (Å²) >= 11 is 0. The van der Waals surface area contributed by atoms with Crippen LogP contribution in [-0.4, -0.2) is 29.1 Å². The molecule has 3 N–H and O–H groups in total. The second-order valence-corrected chi connectivity index (χ2v) is 6.71. The molecule has 1 saturated heterocycles. The SMILES string of the molecule is NCc1ccc(C(O)CN2CCCC3CCCCC32)cc1. The van der Waals surface area contributed by atoms with E-state index >= 15 is 0 Å². The summed E-state index contributed by atoms with van der Waals surface area (Å²) in [6, 6.07) is 8.81. The Morgan fingerprint density at radius 1 is 1.10 bits per heavy atom. The first-order valence-electron chi connectivity index (χ1n) is 8.49. The molecule has 0 spiro atoms. The topological polar surface area (TPSA) is 49.5 Å². The maximum Gasteiger partial charge on any atom is 0.0917 e. The van der Waals surface area contributed by atoms with Crippen LogP contribution >= 0.6 is 0 Å². The number of nitrogens with zero attached hydrogens (tertiary/aromatic N) is 1. The predicted molar refractivity (Wildman–Crippen MR) is 85.8 cm³/mol. The highest BCUT2D eigenvalue weighted by Crippen LogP contribution is 2.36. The van der Waals surface area contributed by atoms with Gasteiger partial charge >= 0.3 is 0 Å². The van der Waals surface area contributed by atoms with Crippen LogP contribution in [0.3, 0.4) is 0 Å². The maximum atomic E-state index is 10.6.